The van der Waals surface area contributed by atoms with Crippen LogP contribution < -0.4 is 0 Å². The number of rotatable bonds is 8. The van der Waals surface area contributed by atoms with E-state index in [1.54, 1.807) is 6.92 Å². The summed E-state index contributed by atoms with van der Waals surface area (Å²) in [5.74, 6) is -1.04. The van der Waals surface area contributed by atoms with Gasteiger partial charge in [-0.2, -0.15) is 0 Å². The minimum Gasteiger partial charge on any atom is -0.481 e. The number of likely N-dealkylation sites (N-methyl/N-ethyl adjacent to an activating group) is 1. The first kappa shape index (κ1) is 14.9. The Kier molecular flexibility index (Phi) is 7.54. The number of amides is 1. The van der Waals surface area contributed by atoms with Crippen LogP contribution in [0, 0.1) is 0 Å². The van der Waals surface area contributed by atoms with Gasteiger partial charge in [0, 0.05) is 19.2 Å². The first-order chi connectivity index (χ1) is 7.52. The average molecular weight is 231 g/mol. The molecule has 1 N–H and O–H groups in total. The van der Waals surface area contributed by atoms with Crippen LogP contribution in [0.25, 0.3) is 0 Å². The predicted octanol–water partition coefficient (Wildman–Crippen LogP) is 1.12. The van der Waals surface area contributed by atoms with E-state index in [-0.39, 0.29) is 25.0 Å². The molecule has 1 unspecified atom stereocenters. The van der Waals surface area contributed by atoms with Gasteiger partial charge in [0.05, 0.1) is 6.42 Å². The monoisotopic (exact) mass is 231 g/mol. The summed E-state index contributed by atoms with van der Waals surface area (Å²) in [5, 5.41) is 8.65. The number of carbonyl (C=O) groups is 2. The van der Waals surface area contributed by atoms with Crippen LogP contribution in [0.15, 0.2) is 0 Å². The Labute approximate surface area is 96.4 Å². The molecule has 0 aliphatic rings. The van der Waals surface area contributed by atoms with E-state index in [1.807, 2.05) is 13.8 Å². The van der Waals surface area contributed by atoms with Gasteiger partial charge in [-0.25, -0.2) is 0 Å². The zero-order chi connectivity index (χ0) is 12.6. The van der Waals surface area contributed by atoms with Crippen LogP contribution >= 0.6 is 0 Å². The van der Waals surface area contributed by atoms with Gasteiger partial charge in [-0.3, -0.25) is 9.59 Å². The minimum atomic E-state index is -0.895. The van der Waals surface area contributed by atoms with Crippen molar-refractivity contribution in [2.75, 3.05) is 19.8 Å². The number of hydrogen-bond acceptors (Lipinski definition) is 3. The quantitative estimate of drug-likeness (QED) is 0.636. The van der Waals surface area contributed by atoms with Gasteiger partial charge in [0.25, 0.3) is 0 Å². The number of hydrogen-bond donors (Lipinski definition) is 1. The largest absolute Gasteiger partial charge is 0.481 e. The lowest BCUT2D eigenvalue weighted by atomic mass is 10.2. The Morgan fingerprint density at radius 2 is 2.00 bits per heavy atom. The Balaban J connectivity index is 4.14. The summed E-state index contributed by atoms with van der Waals surface area (Å²) in [4.78, 5) is 23.8. The highest BCUT2D eigenvalue weighted by Crippen LogP contribution is 2.04. The highest BCUT2D eigenvalue weighted by molar-refractivity contribution is 5.78. The van der Waals surface area contributed by atoms with Crippen molar-refractivity contribution in [1.29, 1.82) is 0 Å². The van der Waals surface area contributed by atoms with Gasteiger partial charge in [0.2, 0.25) is 5.91 Å². The second kappa shape index (κ2) is 8.10. The van der Waals surface area contributed by atoms with Gasteiger partial charge in [0.1, 0.15) is 6.61 Å². The van der Waals surface area contributed by atoms with Gasteiger partial charge >= 0.3 is 5.97 Å². The Morgan fingerprint density at radius 3 is 2.44 bits per heavy atom. The van der Waals surface area contributed by atoms with E-state index in [4.69, 9.17) is 9.84 Å². The van der Waals surface area contributed by atoms with Crippen molar-refractivity contribution in [3.63, 3.8) is 0 Å². The summed E-state index contributed by atoms with van der Waals surface area (Å²) in [5.41, 5.74) is 0. The maximum atomic E-state index is 11.7. The molecule has 0 fully saturated rings. The fourth-order valence-electron chi connectivity index (χ4n) is 1.48. The first-order valence-corrected chi connectivity index (χ1v) is 5.61. The molecule has 0 aromatic heterocycles. The molecule has 16 heavy (non-hydrogen) atoms. The topological polar surface area (TPSA) is 66.8 Å². The van der Waals surface area contributed by atoms with Crippen molar-refractivity contribution in [2.24, 2.45) is 0 Å². The van der Waals surface area contributed by atoms with Gasteiger partial charge in [-0.05, 0) is 20.3 Å². The second-order valence-electron chi connectivity index (χ2n) is 3.68. The van der Waals surface area contributed by atoms with Gasteiger partial charge in [-0.1, -0.05) is 6.92 Å². The standard InChI is InChI=1S/C11H21NO4/c1-4-6-16-8-10(13)12(5-2)9(3)7-11(14)15/h9H,4-8H2,1-3H3,(H,14,15). The molecule has 0 aromatic carbocycles. The van der Waals surface area contributed by atoms with Crippen molar-refractivity contribution >= 4 is 11.9 Å². The second-order valence-corrected chi connectivity index (χ2v) is 3.68. The van der Waals surface area contributed by atoms with Gasteiger partial charge in [-0.15, -0.1) is 0 Å². The third-order valence-electron chi connectivity index (χ3n) is 2.24. The Morgan fingerprint density at radius 1 is 1.38 bits per heavy atom. The third-order valence-corrected chi connectivity index (χ3v) is 2.24. The summed E-state index contributed by atoms with van der Waals surface area (Å²) in [6.45, 7) is 6.62. The lowest BCUT2D eigenvalue weighted by Crippen LogP contribution is -2.41. The number of ether oxygens (including phenoxy) is 1. The zero-order valence-electron chi connectivity index (χ0n) is 10.2. The van der Waals surface area contributed by atoms with Crippen LogP contribution in [-0.2, 0) is 14.3 Å². The molecule has 0 aliphatic carbocycles. The smallest absolute Gasteiger partial charge is 0.305 e. The number of nitrogens with zero attached hydrogens (tertiary/aromatic N) is 1. The van der Waals surface area contributed by atoms with E-state index >= 15 is 0 Å². The molecule has 0 saturated carbocycles. The molecule has 5 heteroatoms. The summed E-state index contributed by atoms with van der Waals surface area (Å²) in [7, 11) is 0. The average Bonchev–Trinajstić information content (AvgIpc) is 2.18. The van der Waals surface area contributed by atoms with Crippen molar-refractivity contribution in [2.45, 2.75) is 39.7 Å². The molecule has 0 bridgehead atoms. The molecule has 0 spiro atoms. The summed E-state index contributed by atoms with van der Waals surface area (Å²) in [6, 6.07) is -0.291. The molecule has 0 radical (unpaired) electrons. The van der Waals surface area contributed by atoms with Crippen molar-refractivity contribution in [3.05, 3.63) is 0 Å². The molecule has 1 atom stereocenters. The fourth-order valence-corrected chi connectivity index (χ4v) is 1.48. The highest BCUT2D eigenvalue weighted by atomic mass is 16.5. The van der Waals surface area contributed by atoms with Crippen molar-refractivity contribution in [3.8, 4) is 0 Å². The summed E-state index contributed by atoms with van der Waals surface area (Å²) < 4.78 is 5.14. The van der Waals surface area contributed by atoms with E-state index in [9.17, 15) is 9.59 Å². The lowest BCUT2D eigenvalue weighted by Gasteiger charge is -2.26. The van der Waals surface area contributed by atoms with E-state index in [1.165, 1.54) is 4.90 Å². The van der Waals surface area contributed by atoms with Crippen molar-refractivity contribution in [1.82, 2.24) is 4.90 Å². The van der Waals surface area contributed by atoms with Crippen LogP contribution in [0.2, 0.25) is 0 Å². The Hall–Kier alpha value is -1.10. The molecule has 94 valence electrons. The maximum absolute atomic E-state index is 11.7. The van der Waals surface area contributed by atoms with Crippen LogP contribution in [0.1, 0.15) is 33.6 Å². The summed E-state index contributed by atoms with van der Waals surface area (Å²) in [6.07, 6.45) is 0.831. The van der Waals surface area contributed by atoms with E-state index in [0.29, 0.717) is 13.2 Å². The first-order valence-electron chi connectivity index (χ1n) is 5.61. The predicted molar refractivity (Wildman–Crippen MR) is 60.2 cm³/mol. The number of carboxylic acid groups (broad SMARTS) is 1. The molecule has 1 amide bonds. The molecule has 0 rings (SSSR count). The molecule has 0 saturated heterocycles. The third kappa shape index (κ3) is 5.70. The lowest BCUT2D eigenvalue weighted by molar-refractivity contribution is -0.142. The molecule has 0 heterocycles. The minimum absolute atomic E-state index is 0.0334. The van der Waals surface area contributed by atoms with E-state index in [2.05, 4.69) is 0 Å². The normalized spacial score (nSPS) is 12.2. The zero-order valence-corrected chi connectivity index (χ0v) is 10.2. The van der Waals surface area contributed by atoms with Crippen LogP contribution in [0.4, 0.5) is 0 Å². The van der Waals surface area contributed by atoms with Crippen LogP contribution in [-0.4, -0.2) is 47.7 Å². The SMILES string of the molecule is CCCOCC(=O)N(CC)C(C)CC(=O)O. The van der Waals surface area contributed by atoms with E-state index < -0.39 is 5.97 Å². The van der Waals surface area contributed by atoms with Crippen LogP contribution in [0.3, 0.4) is 0 Å². The molecular formula is C11H21NO4. The molecular weight excluding hydrogens is 210 g/mol. The Bertz CT molecular complexity index is 230. The van der Waals surface area contributed by atoms with Gasteiger partial charge < -0.3 is 14.7 Å². The highest BCUT2D eigenvalue weighted by Gasteiger charge is 2.20. The van der Waals surface area contributed by atoms with E-state index in [0.717, 1.165) is 6.42 Å². The maximum Gasteiger partial charge on any atom is 0.305 e. The number of carbonyl (C=O) groups excluding carboxylic acids is 1. The van der Waals surface area contributed by atoms with Crippen LogP contribution in [0.5, 0.6) is 0 Å². The number of aliphatic carboxylic acids is 1. The summed E-state index contributed by atoms with van der Waals surface area (Å²) >= 11 is 0. The molecule has 0 aliphatic heterocycles. The van der Waals surface area contributed by atoms with Gasteiger partial charge in [0.15, 0.2) is 0 Å². The van der Waals surface area contributed by atoms with Crippen molar-refractivity contribution < 1.29 is 19.4 Å². The molecule has 5 nitrogen and oxygen atoms in total. The molecule has 0 aromatic rings. The number of carboxylic acids is 1. The fraction of sp³-hybridized carbons (Fsp3) is 0.818.